The molecule has 0 saturated carbocycles. The zero-order valence-corrected chi connectivity index (χ0v) is 19.4. The third kappa shape index (κ3) is 4.90. The molecule has 1 amide bonds. The predicted molar refractivity (Wildman–Crippen MR) is 129 cm³/mol. The van der Waals surface area contributed by atoms with Gasteiger partial charge in [0.2, 0.25) is 5.89 Å². The molecule has 32 heavy (non-hydrogen) atoms. The molecule has 0 radical (unpaired) electrons. The number of halogens is 2. The van der Waals surface area contributed by atoms with Crippen LogP contribution in [-0.4, -0.2) is 17.0 Å². The Morgan fingerprint density at radius 2 is 1.75 bits per heavy atom. The van der Waals surface area contributed by atoms with Crippen molar-refractivity contribution in [1.29, 1.82) is 0 Å². The average molecular weight is 469 g/mol. The third-order valence-corrected chi connectivity index (χ3v) is 5.58. The minimum atomic E-state index is -0.749. The number of amides is 1. The molecule has 1 unspecified atom stereocenters. The molecule has 0 bridgehead atoms. The number of oxazole rings is 1. The number of aromatic nitrogens is 1. The van der Waals surface area contributed by atoms with E-state index < -0.39 is 6.10 Å². The van der Waals surface area contributed by atoms with Crippen LogP contribution in [0.1, 0.15) is 32.3 Å². The number of anilines is 1. The van der Waals surface area contributed by atoms with E-state index in [2.05, 4.69) is 36.3 Å². The van der Waals surface area contributed by atoms with Crippen LogP contribution in [0.3, 0.4) is 0 Å². The fourth-order valence-electron chi connectivity index (χ4n) is 3.18. The summed E-state index contributed by atoms with van der Waals surface area (Å²) in [6.07, 6.45) is -0.749. The van der Waals surface area contributed by atoms with Gasteiger partial charge in [-0.3, -0.25) is 4.79 Å². The van der Waals surface area contributed by atoms with E-state index in [4.69, 9.17) is 32.4 Å². The van der Waals surface area contributed by atoms with E-state index in [-0.39, 0.29) is 5.91 Å². The lowest BCUT2D eigenvalue weighted by molar-refractivity contribution is -0.122. The number of fused-ring (bicyclic) bond motifs is 1. The zero-order chi connectivity index (χ0) is 22.8. The highest BCUT2D eigenvalue weighted by molar-refractivity contribution is 6.35. The Labute approximate surface area is 196 Å². The molecule has 1 aromatic heterocycles. The van der Waals surface area contributed by atoms with Crippen LogP contribution in [-0.2, 0) is 4.79 Å². The van der Waals surface area contributed by atoms with Gasteiger partial charge in [-0.15, -0.1) is 0 Å². The van der Waals surface area contributed by atoms with Gasteiger partial charge in [0, 0.05) is 16.3 Å². The Kier molecular flexibility index (Phi) is 6.40. The van der Waals surface area contributed by atoms with Crippen LogP contribution in [0.15, 0.2) is 65.1 Å². The summed E-state index contributed by atoms with van der Waals surface area (Å²) in [5.41, 5.74) is 4.24. The Morgan fingerprint density at radius 1 is 1.00 bits per heavy atom. The summed E-state index contributed by atoms with van der Waals surface area (Å²) in [6, 6.07) is 18.2. The van der Waals surface area contributed by atoms with Crippen molar-refractivity contribution in [3.8, 4) is 17.2 Å². The molecular weight excluding hydrogens is 447 g/mol. The summed E-state index contributed by atoms with van der Waals surface area (Å²) in [7, 11) is 0. The molecule has 0 aliphatic heterocycles. The minimum Gasteiger partial charge on any atom is -0.479 e. The van der Waals surface area contributed by atoms with Crippen molar-refractivity contribution in [2.75, 3.05) is 5.32 Å². The first-order valence-corrected chi connectivity index (χ1v) is 11.0. The van der Waals surface area contributed by atoms with Gasteiger partial charge in [0.25, 0.3) is 5.91 Å². The lowest BCUT2D eigenvalue weighted by Gasteiger charge is -2.16. The second-order valence-electron chi connectivity index (χ2n) is 7.80. The van der Waals surface area contributed by atoms with Crippen molar-refractivity contribution in [3.05, 3.63) is 76.3 Å². The van der Waals surface area contributed by atoms with Gasteiger partial charge in [-0.25, -0.2) is 4.98 Å². The van der Waals surface area contributed by atoms with Crippen LogP contribution in [0.5, 0.6) is 5.75 Å². The molecule has 164 valence electrons. The standard InChI is InChI=1S/C25H22Cl2N2O3/c1-14(2)17-6-10-23-21(12-17)29-25(32-23)16-4-8-19(9-5-16)28-24(30)15(3)31-22-11-7-18(26)13-20(22)27/h4-15H,1-3H3,(H,28,30). The largest absolute Gasteiger partial charge is 0.479 e. The number of benzene rings is 3. The number of hydrogen-bond acceptors (Lipinski definition) is 4. The number of nitrogens with zero attached hydrogens (tertiary/aromatic N) is 1. The normalized spacial score (nSPS) is 12.2. The summed E-state index contributed by atoms with van der Waals surface area (Å²) in [6.45, 7) is 5.94. The summed E-state index contributed by atoms with van der Waals surface area (Å²) < 4.78 is 11.6. The van der Waals surface area contributed by atoms with Gasteiger partial charge in [0.1, 0.15) is 11.3 Å². The van der Waals surface area contributed by atoms with E-state index in [1.54, 1.807) is 37.3 Å². The van der Waals surface area contributed by atoms with Gasteiger partial charge >= 0.3 is 0 Å². The van der Waals surface area contributed by atoms with E-state index in [0.29, 0.717) is 33.3 Å². The first-order valence-electron chi connectivity index (χ1n) is 10.2. The summed E-state index contributed by atoms with van der Waals surface area (Å²) in [5.74, 6) is 1.05. The molecule has 0 fully saturated rings. The molecule has 7 heteroatoms. The topological polar surface area (TPSA) is 64.4 Å². The first kappa shape index (κ1) is 22.2. The Hall–Kier alpha value is -3.02. The van der Waals surface area contributed by atoms with E-state index in [1.165, 1.54) is 5.56 Å². The highest BCUT2D eigenvalue weighted by Crippen LogP contribution is 2.29. The van der Waals surface area contributed by atoms with Gasteiger partial charge in [0.05, 0.1) is 5.02 Å². The quantitative estimate of drug-likeness (QED) is 0.321. The van der Waals surface area contributed by atoms with E-state index in [1.807, 2.05) is 18.2 Å². The summed E-state index contributed by atoms with van der Waals surface area (Å²) in [5, 5.41) is 3.68. The van der Waals surface area contributed by atoms with Crippen molar-refractivity contribution in [2.24, 2.45) is 0 Å². The van der Waals surface area contributed by atoms with Crippen molar-refractivity contribution in [3.63, 3.8) is 0 Å². The molecule has 4 rings (SSSR count). The fourth-order valence-corrected chi connectivity index (χ4v) is 3.63. The van der Waals surface area contributed by atoms with Gasteiger partial charge in [-0.05, 0) is 73.0 Å². The number of ether oxygens (including phenoxy) is 1. The molecule has 1 N–H and O–H groups in total. The van der Waals surface area contributed by atoms with Gasteiger partial charge < -0.3 is 14.5 Å². The Balaban J connectivity index is 1.44. The maximum atomic E-state index is 12.5. The number of rotatable bonds is 6. The molecule has 1 heterocycles. The second-order valence-corrected chi connectivity index (χ2v) is 8.65. The number of carbonyl (C=O) groups excluding carboxylic acids is 1. The number of nitrogens with one attached hydrogen (secondary N) is 1. The van der Waals surface area contributed by atoms with Crippen molar-refractivity contribution in [2.45, 2.75) is 32.8 Å². The third-order valence-electron chi connectivity index (χ3n) is 5.04. The maximum Gasteiger partial charge on any atom is 0.265 e. The van der Waals surface area contributed by atoms with Crippen molar-refractivity contribution < 1.29 is 13.9 Å². The lowest BCUT2D eigenvalue weighted by atomic mass is 10.0. The van der Waals surface area contributed by atoms with Crippen LogP contribution < -0.4 is 10.1 Å². The second kappa shape index (κ2) is 9.23. The number of carbonyl (C=O) groups is 1. The Morgan fingerprint density at radius 3 is 2.44 bits per heavy atom. The molecule has 0 spiro atoms. The van der Waals surface area contributed by atoms with Crippen LogP contribution in [0.25, 0.3) is 22.6 Å². The van der Waals surface area contributed by atoms with Crippen molar-refractivity contribution >= 4 is 45.9 Å². The van der Waals surface area contributed by atoms with Gasteiger partial charge in [0.15, 0.2) is 11.7 Å². The molecule has 1 atom stereocenters. The SMILES string of the molecule is CC(Oc1ccc(Cl)cc1Cl)C(=O)Nc1ccc(-c2nc3cc(C(C)C)ccc3o2)cc1. The predicted octanol–water partition coefficient (Wildman–Crippen LogP) is 7.33. The highest BCUT2D eigenvalue weighted by atomic mass is 35.5. The van der Waals surface area contributed by atoms with Gasteiger partial charge in [-0.1, -0.05) is 43.1 Å². The molecule has 5 nitrogen and oxygen atoms in total. The molecular formula is C25H22Cl2N2O3. The Bertz CT molecular complexity index is 1270. The highest BCUT2D eigenvalue weighted by Gasteiger charge is 2.17. The minimum absolute atomic E-state index is 0.299. The molecule has 0 aliphatic carbocycles. The molecule has 0 aliphatic rings. The van der Waals surface area contributed by atoms with Crippen LogP contribution in [0.4, 0.5) is 5.69 Å². The van der Waals surface area contributed by atoms with E-state index >= 15 is 0 Å². The molecule has 0 saturated heterocycles. The van der Waals surface area contributed by atoms with E-state index in [9.17, 15) is 4.79 Å². The first-order chi connectivity index (χ1) is 15.3. The van der Waals surface area contributed by atoms with E-state index in [0.717, 1.165) is 16.7 Å². The number of hydrogen-bond donors (Lipinski definition) is 1. The maximum absolute atomic E-state index is 12.5. The summed E-state index contributed by atoms with van der Waals surface area (Å²) in [4.78, 5) is 17.1. The summed E-state index contributed by atoms with van der Waals surface area (Å²) >= 11 is 12.0. The smallest absolute Gasteiger partial charge is 0.265 e. The average Bonchev–Trinajstić information content (AvgIpc) is 3.19. The van der Waals surface area contributed by atoms with Crippen LogP contribution in [0.2, 0.25) is 10.0 Å². The monoisotopic (exact) mass is 468 g/mol. The van der Waals surface area contributed by atoms with Gasteiger partial charge in [-0.2, -0.15) is 0 Å². The lowest BCUT2D eigenvalue weighted by Crippen LogP contribution is -2.30. The van der Waals surface area contributed by atoms with Crippen molar-refractivity contribution in [1.82, 2.24) is 4.98 Å². The molecule has 3 aromatic carbocycles. The van der Waals surface area contributed by atoms with Crippen LogP contribution in [0, 0.1) is 0 Å². The fraction of sp³-hybridized carbons (Fsp3) is 0.200. The molecule has 4 aromatic rings. The van der Waals surface area contributed by atoms with Crippen LogP contribution >= 0.6 is 23.2 Å². The zero-order valence-electron chi connectivity index (χ0n) is 17.9.